The largest absolute Gasteiger partial charge is 0.327 e. The van der Waals surface area contributed by atoms with Crippen LogP contribution in [0.3, 0.4) is 0 Å². The Morgan fingerprint density at radius 2 is 1.78 bits per heavy atom. The van der Waals surface area contributed by atoms with Crippen LogP contribution < -0.4 is 11.1 Å². The van der Waals surface area contributed by atoms with E-state index in [0.29, 0.717) is 15.7 Å². The zero-order valence-electron chi connectivity index (χ0n) is 9.96. The molecule has 18 heavy (non-hydrogen) atoms. The summed E-state index contributed by atoms with van der Waals surface area (Å²) in [6, 6.07) is 4.94. The lowest BCUT2D eigenvalue weighted by Crippen LogP contribution is -2.40. The summed E-state index contributed by atoms with van der Waals surface area (Å²) < 4.78 is 0. The Kier molecular flexibility index (Phi) is 4.49. The lowest BCUT2D eigenvalue weighted by Gasteiger charge is -2.27. The van der Waals surface area contributed by atoms with E-state index in [4.69, 9.17) is 28.9 Å². The third-order valence-corrected chi connectivity index (χ3v) is 3.72. The summed E-state index contributed by atoms with van der Waals surface area (Å²) in [5.41, 5.74) is 6.60. The molecule has 5 heteroatoms. The third kappa shape index (κ3) is 3.37. The molecule has 2 atom stereocenters. The quantitative estimate of drug-likeness (QED) is 0.875. The van der Waals surface area contributed by atoms with Crippen molar-refractivity contribution in [3.8, 4) is 0 Å². The first-order valence-corrected chi connectivity index (χ1v) is 6.84. The topological polar surface area (TPSA) is 55.1 Å². The second-order valence-corrected chi connectivity index (χ2v) is 5.58. The number of benzene rings is 1. The summed E-state index contributed by atoms with van der Waals surface area (Å²) in [7, 11) is 0. The second-order valence-electron chi connectivity index (χ2n) is 4.70. The Balaban J connectivity index is 2.06. The molecule has 1 aliphatic carbocycles. The number of halogens is 2. The molecule has 0 spiro atoms. The van der Waals surface area contributed by atoms with Crippen LogP contribution in [0, 0.1) is 5.92 Å². The molecule has 0 heterocycles. The highest BCUT2D eigenvalue weighted by Crippen LogP contribution is 2.26. The minimum Gasteiger partial charge on any atom is -0.327 e. The molecule has 1 aromatic rings. The minimum absolute atomic E-state index is 0.0412. The molecule has 1 saturated carbocycles. The summed E-state index contributed by atoms with van der Waals surface area (Å²) in [6.45, 7) is 0. The average Bonchev–Trinajstić information content (AvgIpc) is 2.27. The van der Waals surface area contributed by atoms with Crippen LogP contribution in [0.15, 0.2) is 18.2 Å². The molecule has 1 fully saturated rings. The number of nitrogens with two attached hydrogens (primary N) is 1. The van der Waals surface area contributed by atoms with Crippen molar-refractivity contribution in [2.75, 3.05) is 5.32 Å². The fourth-order valence-corrected chi connectivity index (χ4v) is 2.87. The lowest BCUT2D eigenvalue weighted by molar-refractivity contribution is -0.121. The molecule has 2 unspecified atom stereocenters. The molecule has 1 aliphatic rings. The summed E-state index contributed by atoms with van der Waals surface area (Å²) in [4.78, 5) is 12.1. The van der Waals surface area contributed by atoms with E-state index in [1.165, 1.54) is 0 Å². The van der Waals surface area contributed by atoms with E-state index >= 15 is 0 Å². The van der Waals surface area contributed by atoms with Gasteiger partial charge in [0.2, 0.25) is 5.91 Å². The van der Waals surface area contributed by atoms with Gasteiger partial charge in [-0.1, -0.05) is 36.0 Å². The number of hydrogen-bond acceptors (Lipinski definition) is 2. The van der Waals surface area contributed by atoms with E-state index in [2.05, 4.69) is 5.32 Å². The standard InChI is InChI=1S/C13H16Cl2N2O/c14-8-5-9(15)7-10(6-8)17-13(18)11-3-1-2-4-12(11)16/h5-7,11-12H,1-4,16H2,(H,17,18). The van der Waals surface area contributed by atoms with Crippen LogP contribution in [0.2, 0.25) is 10.0 Å². The van der Waals surface area contributed by atoms with E-state index in [0.717, 1.165) is 25.7 Å². The Morgan fingerprint density at radius 1 is 1.17 bits per heavy atom. The van der Waals surface area contributed by atoms with Gasteiger partial charge >= 0.3 is 0 Å². The van der Waals surface area contributed by atoms with Crippen molar-refractivity contribution in [3.63, 3.8) is 0 Å². The van der Waals surface area contributed by atoms with Gasteiger partial charge in [-0.05, 0) is 31.0 Å². The van der Waals surface area contributed by atoms with Gasteiger partial charge in [-0.25, -0.2) is 0 Å². The highest BCUT2D eigenvalue weighted by atomic mass is 35.5. The van der Waals surface area contributed by atoms with Crippen LogP contribution in [-0.2, 0) is 4.79 Å². The molecule has 98 valence electrons. The van der Waals surface area contributed by atoms with Crippen molar-refractivity contribution in [1.29, 1.82) is 0 Å². The van der Waals surface area contributed by atoms with Crippen LogP contribution >= 0.6 is 23.2 Å². The van der Waals surface area contributed by atoms with Crippen molar-refractivity contribution >= 4 is 34.8 Å². The predicted molar refractivity (Wildman–Crippen MR) is 75.0 cm³/mol. The summed E-state index contributed by atoms with van der Waals surface area (Å²) >= 11 is 11.8. The van der Waals surface area contributed by atoms with E-state index < -0.39 is 0 Å². The van der Waals surface area contributed by atoms with Gasteiger partial charge in [0.1, 0.15) is 0 Å². The maximum atomic E-state index is 12.1. The van der Waals surface area contributed by atoms with Gasteiger partial charge in [-0.3, -0.25) is 4.79 Å². The van der Waals surface area contributed by atoms with Crippen LogP contribution in [0.5, 0.6) is 0 Å². The van der Waals surface area contributed by atoms with Gasteiger partial charge in [0, 0.05) is 21.8 Å². The summed E-state index contributed by atoms with van der Waals surface area (Å²) in [5, 5.41) is 3.85. The maximum Gasteiger partial charge on any atom is 0.229 e. The smallest absolute Gasteiger partial charge is 0.229 e. The minimum atomic E-state index is -0.114. The Labute approximate surface area is 117 Å². The normalized spacial score (nSPS) is 23.7. The van der Waals surface area contributed by atoms with Crippen molar-refractivity contribution in [1.82, 2.24) is 0 Å². The number of anilines is 1. The molecule has 0 radical (unpaired) electrons. The van der Waals surface area contributed by atoms with Crippen LogP contribution in [0.1, 0.15) is 25.7 Å². The average molecular weight is 287 g/mol. The third-order valence-electron chi connectivity index (χ3n) is 3.29. The number of amides is 1. The maximum absolute atomic E-state index is 12.1. The number of carbonyl (C=O) groups is 1. The number of nitrogens with one attached hydrogen (secondary N) is 1. The van der Waals surface area contributed by atoms with Crippen molar-refractivity contribution in [3.05, 3.63) is 28.2 Å². The Bertz CT molecular complexity index is 430. The molecule has 0 saturated heterocycles. The molecule has 3 nitrogen and oxygen atoms in total. The monoisotopic (exact) mass is 286 g/mol. The first-order valence-electron chi connectivity index (χ1n) is 6.09. The first kappa shape index (κ1) is 13.7. The highest BCUT2D eigenvalue weighted by Gasteiger charge is 2.28. The highest BCUT2D eigenvalue weighted by molar-refractivity contribution is 6.35. The van der Waals surface area contributed by atoms with E-state index in [1.54, 1.807) is 18.2 Å². The van der Waals surface area contributed by atoms with Crippen molar-refractivity contribution < 1.29 is 4.79 Å². The zero-order valence-corrected chi connectivity index (χ0v) is 11.5. The molecule has 0 bridgehead atoms. The van der Waals surface area contributed by atoms with Gasteiger partial charge in [-0.2, -0.15) is 0 Å². The Hall–Kier alpha value is -0.770. The van der Waals surface area contributed by atoms with Gasteiger partial charge in [0.25, 0.3) is 0 Å². The molecule has 0 aliphatic heterocycles. The fourth-order valence-electron chi connectivity index (χ4n) is 2.35. The summed E-state index contributed by atoms with van der Waals surface area (Å²) in [5.74, 6) is -0.156. The SMILES string of the molecule is NC1CCCCC1C(=O)Nc1cc(Cl)cc(Cl)c1. The molecule has 1 amide bonds. The number of rotatable bonds is 2. The zero-order chi connectivity index (χ0) is 13.1. The molecule has 1 aromatic carbocycles. The van der Waals surface area contributed by atoms with Crippen molar-refractivity contribution in [2.24, 2.45) is 11.7 Å². The lowest BCUT2D eigenvalue weighted by atomic mass is 9.84. The van der Waals surface area contributed by atoms with Crippen LogP contribution in [0.4, 0.5) is 5.69 Å². The van der Waals surface area contributed by atoms with E-state index in [9.17, 15) is 4.79 Å². The molecular weight excluding hydrogens is 271 g/mol. The fraction of sp³-hybridized carbons (Fsp3) is 0.462. The van der Waals surface area contributed by atoms with Gasteiger partial charge < -0.3 is 11.1 Å². The Morgan fingerprint density at radius 3 is 2.39 bits per heavy atom. The number of carbonyl (C=O) groups excluding carboxylic acids is 1. The van der Waals surface area contributed by atoms with E-state index in [-0.39, 0.29) is 17.9 Å². The number of hydrogen-bond donors (Lipinski definition) is 2. The van der Waals surface area contributed by atoms with Gasteiger partial charge in [0.15, 0.2) is 0 Å². The molecular formula is C13H16Cl2N2O. The van der Waals surface area contributed by atoms with Crippen molar-refractivity contribution in [2.45, 2.75) is 31.7 Å². The predicted octanol–water partition coefficient (Wildman–Crippen LogP) is 3.45. The van der Waals surface area contributed by atoms with Gasteiger partial charge in [-0.15, -0.1) is 0 Å². The summed E-state index contributed by atoms with van der Waals surface area (Å²) in [6.07, 6.45) is 3.92. The molecule has 3 N–H and O–H groups in total. The van der Waals surface area contributed by atoms with Gasteiger partial charge in [0.05, 0.1) is 5.92 Å². The van der Waals surface area contributed by atoms with Crippen LogP contribution in [-0.4, -0.2) is 11.9 Å². The molecule has 0 aromatic heterocycles. The van der Waals surface area contributed by atoms with E-state index in [1.807, 2.05) is 0 Å². The first-order chi connectivity index (χ1) is 8.56. The second kappa shape index (κ2) is 5.91. The van der Waals surface area contributed by atoms with Crippen LogP contribution in [0.25, 0.3) is 0 Å². The molecule has 2 rings (SSSR count).